The molecule has 0 aliphatic heterocycles. The van der Waals surface area contributed by atoms with Crippen molar-refractivity contribution in [2.24, 2.45) is 5.92 Å². The first-order valence-electron chi connectivity index (χ1n) is 7.76. The minimum absolute atomic E-state index is 0.702. The van der Waals surface area contributed by atoms with Crippen molar-refractivity contribution in [3.63, 3.8) is 0 Å². The maximum absolute atomic E-state index is 4.19. The molecule has 1 fully saturated rings. The first-order valence-corrected chi connectivity index (χ1v) is 7.76. The average Bonchev–Trinajstić information content (AvgIpc) is 2.47. The molecule has 1 saturated carbocycles. The van der Waals surface area contributed by atoms with E-state index in [1.54, 1.807) is 0 Å². The maximum Gasteiger partial charge on any atom is 0.0208 e. The van der Waals surface area contributed by atoms with Gasteiger partial charge in [-0.3, -0.25) is 0 Å². The van der Waals surface area contributed by atoms with E-state index in [-0.39, 0.29) is 0 Å². The SMILES string of the molecule is C=C(CNC1CCC(CCC)CC1)c1ccccc1. The Kier molecular flexibility index (Phi) is 5.65. The Hall–Kier alpha value is -1.08. The molecular formula is C18H27N. The molecule has 19 heavy (non-hydrogen) atoms. The Morgan fingerprint density at radius 1 is 1.16 bits per heavy atom. The molecule has 0 bridgehead atoms. The normalized spacial score (nSPS) is 23.2. The maximum atomic E-state index is 4.19. The van der Waals surface area contributed by atoms with Crippen LogP contribution in [0.15, 0.2) is 36.9 Å². The zero-order valence-electron chi connectivity index (χ0n) is 12.2. The smallest absolute Gasteiger partial charge is 0.0208 e. The third-order valence-electron chi connectivity index (χ3n) is 4.33. The monoisotopic (exact) mass is 257 g/mol. The van der Waals surface area contributed by atoms with Crippen LogP contribution in [0.1, 0.15) is 51.0 Å². The van der Waals surface area contributed by atoms with Gasteiger partial charge in [0.25, 0.3) is 0 Å². The quantitative estimate of drug-likeness (QED) is 0.782. The minimum Gasteiger partial charge on any atom is -0.310 e. The summed E-state index contributed by atoms with van der Waals surface area (Å²) in [5, 5.41) is 3.68. The van der Waals surface area contributed by atoms with Crippen molar-refractivity contribution < 1.29 is 0 Å². The largest absolute Gasteiger partial charge is 0.310 e. The van der Waals surface area contributed by atoms with Crippen molar-refractivity contribution in [2.75, 3.05) is 6.54 Å². The van der Waals surface area contributed by atoms with E-state index >= 15 is 0 Å². The molecule has 1 aliphatic carbocycles. The second-order valence-electron chi connectivity index (χ2n) is 5.86. The fraction of sp³-hybridized carbons (Fsp3) is 0.556. The average molecular weight is 257 g/mol. The van der Waals surface area contributed by atoms with Crippen molar-refractivity contribution in [2.45, 2.75) is 51.5 Å². The van der Waals surface area contributed by atoms with Gasteiger partial charge in [0.1, 0.15) is 0 Å². The van der Waals surface area contributed by atoms with Crippen LogP contribution in [0.2, 0.25) is 0 Å². The van der Waals surface area contributed by atoms with E-state index in [4.69, 9.17) is 0 Å². The zero-order valence-corrected chi connectivity index (χ0v) is 12.2. The number of nitrogens with one attached hydrogen (secondary N) is 1. The Morgan fingerprint density at radius 3 is 2.47 bits per heavy atom. The van der Waals surface area contributed by atoms with Gasteiger partial charge < -0.3 is 5.32 Å². The molecule has 0 heterocycles. The predicted octanol–water partition coefficient (Wildman–Crippen LogP) is 4.65. The van der Waals surface area contributed by atoms with Gasteiger partial charge in [-0.1, -0.05) is 56.7 Å². The lowest BCUT2D eigenvalue weighted by atomic mass is 9.83. The number of benzene rings is 1. The Labute approximate surface area is 118 Å². The molecule has 1 heteroatoms. The van der Waals surface area contributed by atoms with E-state index in [1.807, 2.05) is 0 Å². The third-order valence-corrected chi connectivity index (χ3v) is 4.33. The Balaban J connectivity index is 1.71. The molecule has 0 amide bonds. The summed E-state index contributed by atoms with van der Waals surface area (Å²) in [6, 6.07) is 11.2. The van der Waals surface area contributed by atoms with E-state index in [2.05, 4.69) is 49.2 Å². The lowest BCUT2D eigenvalue weighted by Gasteiger charge is -2.29. The van der Waals surface area contributed by atoms with Crippen LogP contribution in [0, 0.1) is 5.92 Å². The molecule has 0 aromatic heterocycles. The summed E-state index contributed by atoms with van der Waals surface area (Å²) in [6.45, 7) is 7.41. The van der Waals surface area contributed by atoms with E-state index in [9.17, 15) is 0 Å². The van der Waals surface area contributed by atoms with Crippen molar-refractivity contribution in [1.82, 2.24) is 5.32 Å². The van der Waals surface area contributed by atoms with Crippen LogP contribution < -0.4 is 5.32 Å². The molecule has 0 unspecified atom stereocenters. The summed E-state index contributed by atoms with van der Waals surface area (Å²) >= 11 is 0. The van der Waals surface area contributed by atoms with Crippen molar-refractivity contribution in [3.05, 3.63) is 42.5 Å². The molecule has 1 nitrogen and oxygen atoms in total. The molecule has 0 saturated heterocycles. The van der Waals surface area contributed by atoms with Gasteiger partial charge in [0.05, 0.1) is 0 Å². The second-order valence-corrected chi connectivity index (χ2v) is 5.86. The third kappa shape index (κ3) is 4.50. The molecule has 0 spiro atoms. The van der Waals surface area contributed by atoms with Crippen LogP contribution in [0.25, 0.3) is 5.57 Å². The summed E-state index contributed by atoms with van der Waals surface area (Å²) in [7, 11) is 0. The summed E-state index contributed by atoms with van der Waals surface area (Å²) in [4.78, 5) is 0. The van der Waals surface area contributed by atoms with Crippen molar-refractivity contribution in [3.8, 4) is 0 Å². The fourth-order valence-corrected chi connectivity index (χ4v) is 3.11. The first-order chi connectivity index (χ1) is 9.29. The highest BCUT2D eigenvalue weighted by atomic mass is 14.9. The zero-order chi connectivity index (χ0) is 13.5. The van der Waals surface area contributed by atoms with E-state index < -0.39 is 0 Å². The van der Waals surface area contributed by atoms with Gasteiger partial charge in [-0.25, -0.2) is 0 Å². The predicted molar refractivity (Wildman–Crippen MR) is 84.1 cm³/mol. The topological polar surface area (TPSA) is 12.0 Å². The van der Waals surface area contributed by atoms with E-state index in [0.717, 1.165) is 12.5 Å². The molecule has 1 aromatic rings. The summed E-state index contributed by atoms with van der Waals surface area (Å²) in [5.41, 5.74) is 2.46. The first kappa shape index (κ1) is 14.3. The molecule has 1 aromatic carbocycles. The lowest BCUT2D eigenvalue weighted by Crippen LogP contribution is -2.34. The van der Waals surface area contributed by atoms with Crippen LogP contribution in [-0.4, -0.2) is 12.6 Å². The minimum atomic E-state index is 0.702. The molecule has 1 aliphatic rings. The molecule has 1 N–H and O–H groups in total. The van der Waals surface area contributed by atoms with Gasteiger partial charge in [-0.05, 0) is 42.7 Å². The number of hydrogen-bond donors (Lipinski definition) is 1. The van der Waals surface area contributed by atoms with E-state index in [1.165, 1.54) is 49.7 Å². The molecular weight excluding hydrogens is 230 g/mol. The summed E-state index contributed by atoms with van der Waals surface area (Å²) in [5.74, 6) is 0.986. The molecule has 0 radical (unpaired) electrons. The van der Waals surface area contributed by atoms with Crippen molar-refractivity contribution in [1.29, 1.82) is 0 Å². The van der Waals surface area contributed by atoms with Gasteiger partial charge in [-0.15, -0.1) is 0 Å². The van der Waals surface area contributed by atoms with Gasteiger partial charge in [0, 0.05) is 12.6 Å². The van der Waals surface area contributed by atoms with Crippen LogP contribution in [0.3, 0.4) is 0 Å². The second kappa shape index (κ2) is 7.49. The number of hydrogen-bond acceptors (Lipinski definition) is 1. The van der Waals surface area contributed by atoms with Gasteiger partial charge in [0.2, 0.25) is 0 Å². The standard InChI is InChI=1S/C18H27N/c1-3-7-16-10-12-18(13-11-16)19-14-15(2)17-8-5-4-6-9-17/h4-6,8-9,16,18-19H,2-3,7,10-14H2,1H3. The molecule has 104 valence electrons. The van der Waals surface area contributed by atoms with E-state index in [0.29, 0.717) is 6.04 Å². The van der Waals surface area contributed by atoms with Crippen LogP contribution in [0.4, 0.5) is 0 Å². The lowest BCUT2D eigenvalue weighted by molar-refractivity contribution is 0.284. The summed E-state index contributed by atoms with van der Waals surface area (Å²) in [6.07, 6.45) is 8.25. The Morgan fingerprint density at radius 2 is 1.84 bits per heavy atom. The highest BCUT2D eigenvalue weighted by Gasteiger charge is 2.20. The van der Waals surface area contributed by atoms with Crippen LogP contribution in [0.5, 0.6) is 0 Å². The highest BCUT2D eigenvalue weighted by Crippen LogP contribution is 2.27. The van der Waals surface area contributed by atoms with Crippen molar-refractivity contribution >= 4 is 5.57 Å². The molecule has 2 rings (SSSR count). The Bertz CT molecular complexity index is 374. The van der Waals surface area contributed by atoms with Crippen LogP contribution >= 0.6 is 0 Å². The van der Waals surface area contributed by atoms with Gasteiger partial charge in [-0.2, -0.15) is 0 Å². The van der Waals surface area contributed by atoms with Gasteiger partial charge in [0.15, 0.2) is 0 Å². The molecule has 0 atom stereocenters. The summed E-state index contributed by atoms with van der Waals surface area (Å²) < 4.78 is 0. The van der Waals surface area contributed by atoms with Gasteiger partial charge >= 0.3 is 0 Å². The van der Waals surface area contributed by atoms with Crippen LogP contribution in [-0.2, 0) is 0 Å². The fourth-order valence-electron chi connectivity index (χ4n) is 3.11. The number of rotatable bonds is 6. The highest BCUT2D eigenvalue weighted by molar-refractivity contribution is 5.64.